The summed E-state index contributed by atoms with van der Waals surface area (Å²) in [6.07, 6.45) is 0. The second-order valence-electron chi connectivity index (χ2n) is 4.74. The first-order valence-electron chi connectivity index (χ1n) is 6.26. The summed E-state index contributed by atoms with van der Waals surface area (Å²) in [6.45, 7) is 4.26. The lowest BCUT2D eigenvalue weighted by molar-refractivity contribution is 0.294. The Balaban J connectivity index is 2.15. The Bertz CT molecular complexity index is 625. The monoisotopic (exact) mass is 357 g/mol. The molecule has 108 valence electrons. The van der Waals surface area contributed by atoms with Crippen molar-refractivity contribution in [2.45, 2.75) is 26.5 Å². The Kier molecular flexibility index (Phi) is 4.73. The number of ether oxygens (including phenoxy) is 1. The zero-order valence-corrected chi connectivity index (χ0v) is 14.0. The van der Waals surface area contributed by atoms with Gasteiger partial charge in [0.25, 0.3) is 0 Å². The molecule has 2 rings (SSSR count). The zero-order valence-electron chi connectivity index (χ0n) is 11.7. The van der Waals surface area contributed by atoms with Crippen molar-refractivity contribution in [1.82, 2.24) is 9.78 Å². The van der Waals surface area contributed by atoms with Crippen molar-refractivity contribution in [2.75, 3.05) is 0 Å². The third-order valence-corrected chi connectivity index (χ3v) is 4.43. The summed E-state index contributed by atoms with van der Waals surface area (Å²) in [6, 6.07) is 5.56. The summed E-state index contributed by atoms with van der Waals surface area (Å²) >= 11 is 9.72. The van der Waals surface area contributed by atoms with Crippen LogP contribution in [0.15, 0.2) is 22.7 Å². The fraction of sp³-hybridized carbons (Fsp3) is 0.357. The van der Waals surface area contributed by atoms with Crippen LogP contribution in [-0.2, 0) is 13.7 Å². The fourth-order valence-electron chi connectivity index (χ4n) is 1.90. The standard InChI is InChI=1S/C14H17BrClN3O/c1-8(17)10-4-5-13(11(16)6-10)20-7-12-14(15)9(2)18-19(12)3/h4-6,8H,7,17H2,1-3H3. The van der Waals surface area contributed by atoms with Crippen molar-refractivity contribution in [2.24, 2.45) is 12.8 Å². The number of rotatable bonds is 4. The predicted molar refractivity (Wildman–Crippen MR) is 84.0 cm³/mol. The predicted octanol–water partition coefficient (Wildman–Crippen LogP) is 3.74. The van der Waals surface area contributed by atoms with Crippen LogP contribution in [-0.4, -0.2) is 9.78 Å². The van der Waals surface area contributed by atoms with Crippen LogP contribution in [0.2, 0.25) is 5.02 Å². The SMILES string of the molecule is Cc1nn(C)c(COc2ccc(C(C)N)cc2Cl)c1Br. The average molecular weight is 359 g/mol. The summed E-state index contributed by atoms with van der Waals surface area (Å²) in [4.78, 5) is 0. The molecule has 1 atom stereocenters. The van der Waals surface area contributed by atoms with Gasteiger partial charge in [-0.1, -0.05) is 17.7 Å². The normalized spacial score (nSPS) is 12.5. The minimum absolute atomic E-state index is 0.0459. The quantitative estimate of drug-likeness (QED) is 0.905. The maximum absolute atomic E-state index is 6.21. The van der Waals surface area contributed by atoms with E-state index in [1.807, 2.05) is 39.1 Å². The van der Waals surface area contributed by atoms with Crippen LogP contribution < -0.4 is 10.5 Å². The lowest BCUT2D eigenvalue weighted by Crippen LogP contribution is -2.06. The van der Waals surface area contributed by atoms with Crippen LogP contribution >= 0.6 is 27.5 Å². The van der Waals surface area contributed by atoms with Gasteiger partial charge in [0, 0.05) is 13.1 Å². The lowest BCUT2D eigenvalue weighted by Gasteiger charge is -2.11. The largest absolute Gasteiger partial charge is 0.486 e. The van der Waals surface area contributed by atoms with Crippen molar-refractivity contribution in [3.63, 3.8) is 0 Å². The van der Waals surface area contributed by atoms with Gasteiger partial charge in [0.1, 0.15) is 12.4 Å². The van der Waals surface area contributed by atoms with Crippen LogP contribution in [0.3, 0.4) is 0 Å². The van der Waals surface area contributed by atoms with Gasteiger partial charge in [-0.3, -0.25) is 4.68 Å². The van der Waals surface area contributed by atoms with Gasteiger partial charge in [0.2, 0.25) is 0 Å². The first kappa shape index (κ1) is 15.4. The Hall–Kier alpha value is -1.04. The molecular formula is C14H17BrClN3O. The number of hydrogen-bond acceptors (Lipinski definition) is 3. The van der Waals surface area contributed by atoms with Gasteiger partial charge in [0.05, 0.1) is 20.9 Å². The second-order valence-corrected chi connectivity index (χ2v) is 5.94. The summed E-state index contributed by atoms with van der Waals surface area (Å²) in [5, 5.41) is 4.89. The molecule has 0 fully saturated rings. The van der Waals surface area contributed by atoms with E-state index >= 15 is 0 Å². The molecule has 6 heteroatoms. The van der Waals surface area contributed by atoms with Gasteiger partial charge in [-0.25, -0.2) is 0 Å². The number of nitrogens with zero attached hydrogens (tertiary/aromatic N) is 2. The first-order chi connectivity index (χ1) is 9.40. The van der Waals surface area contributed by atoms with Crippen LogP contribution in [0.4, 0.5) is 0 Å². The van der Waals surface area contributed by atoms with Crippen LogP contribution in [0.1, 0.15) is 29.9 Å². The zero-order chi connectivity index (χ0) is 14.9. The Morgan fingerprint density at radius 3 is 2.70 bits per heavy atom. The Morgan fingerprint density at radius 2 is 2.20 bits per heavy atom. The van der Waals surface area contributed by atoms with E-state index in [1.165, 1.54) is 0 Å². The van der Waals surface area contributed by atoms with Crippen molar-refractivity contribution < 1.29 is 4.74 Å². The highest BCUT2D eigenvalue weighted by molar-refractivity contribution is 9.10. The third-order valence-electron chi connectivity index (χ3n) is 3.11. The number of aromatic nitrogens is 2. The van der Waals surface area contributed by atoms with E-state index in [1.54, 1.807) is 4.68 Å². The molecule has 0 saturated heterocycles. The third kappa shape index (κ3) is 3.16. The molecule has 0 aliphatic heterocycles. The lowest BCUT2D eigenvalue weighted by atomic mass is 10.1. The van der Waals surface area contributed by atoms with E-state index in [2.05, 4.69) is 21.0 Å². The highest BCUT2D eigenvalue weighted by atomic mass is 79.9. The molecule has 2 aromatic rings. The molecular weight excluding hydrogens is 342 g/mol. The summed E-state index contributed by atoms with van der Waals surface area (Å²) in [5.74, 6) is 0.641. The van der Waals surface area contributed by atoms with Gasteiger partial charge in [-0.05, 0) is 47.5 Å². The van der Waals surface area contributed by atoms with Crippen LogP contribution in [0.5, 0.6) is 5.75 Å². The minimum Gasteiger partial charge on any atom is -0.486 e. The number of benzene rings is 1. The molecule has 1 aromatic carbocycles. The van der Waals surface area contributed by atoms with Crippen LogP contribution in [0.25, 0.3) is 0 Å². The van der Waals surface area contributed by atoms with Crippen LogP contribution in [0, 0.1) is 6.92 Å². The number of hydrogen-bond donors (Lipinski definition) is 1. The second kappa shape index (κ2) is 6.16. The van der Waals surface area contributed by atoms with E-state index in [9.17, 15) is 0 Å². The topological polar surface area (TPSA) is 53.1 Å². The van der Waals surface area contributed by atoms with Crippen molar-refractivity contribution in [3.8, 4) is 5.75 Å². The fourth-order valence-corrected chi connectivity index (χ4v) is 2.59. The maximum Gasteiger partial charge on any atom is 0.138 e. The molecule has 0 bridgehead atoms. The van der Waals surface area contributed by atoms with Gasteiger partial charge < -0.3 is 10.5 Å². The Morgan fingerprint density at radius 1 is 1.50 bits per heavy atom. The highest BCUT2D eigenvalue weighted by Crippen LogP contribution is 2.29. The minimum atomic E-state index is -0.0459. The molecule has 20 heavy (non-hydrogen) atoms. The summed E-state index contributed by atoms with van der Waals surface area (Å²) in [7, 11) is 1.89. The van der Waals surface area contributed by atoms with Crippen molar-refractivity contribution in [1.29, 1.82) is 0 Å². The van der Waals surface area contributed by atoms with Crippen molar-refractivity contribution >= 4 is 27.5 Å². The van der Waals surface area contributed by atoms with E-state index in [-0.39, 0.29) is 6.04 Å². The van der Waals surface area contributed by atoms with Gasteiger partial charge >= 0.3 is 0 Å². The molecule has 1 unspecified atom stereocenters. The van der Waals surface area contributed by atoms with E-state index < -0.39 is 0 Å². The number of halogens is 2. The number of nitrogens with two attached hydrogens (primary N) is 1. The average Bonchev–Trinajstić information content (AvgIpc) is 2.62. The number of aryl methyl sites for hydroxylation is 2. The smallest absolute Gasteiger partial charge is 0.138 e. The molecule has 0 spiro atoms. The van der Waals surface area contributed by atoms with E-state index in [0.29, 0.717) is 17.4 Å². The van der Waals surface area contributed by atoms with Crippen molar-refractivity contribution in [3.05, 3.63) is 44.6 Å². The molecule has 1 heterocycles. The van der Waals surface area contributed by atoms with Gasteiger partial charge in [0.15, 0.2) is 0 Å². The highest BCUT2D eigenvalue weighted by Gasteiger charge is 2.12. The molecule has 1 aromatic heterocycles. The molecule has 4 nitrogen and oxygen atoms in total. The molecule has 0 aliphatic carbocycles. The molecule has 0 radical (unpaired) electrons. The Labute approximate surface area is 132 Å². The summed E-state index contributed by atoms with van der Waals surface area (Å²) < 4.78 is 8.53. The van der Waals surface area contributed by atoms with E-state index in [4.69, 9.17) is 22.1 Å². The molecule has 2 N–H and O–H groups in total. The summed E-state index contributed by atoms with van der Waals surface area (Å²) in [5.41, 5.74) is 8.71. The molecule has 0 amide bonds. The molecule has 0 saturated carbocycles. The molecule has 0 aliphatic rings. The van der Waals surface area contributed by atoms with E-state index in [0.717, 1.165) is 21.4 Å². The van der Waals surface area contributed by atoms with Gasteiger partial charge in [-0.15, -0.1) is 0 Å². The first-order valence-corrected chi connectivity index (χ1v) is 7.43. The van der Waals surface area contributed by atoms with Gasteiger partial charge in [-0.2, -0.15) is 5.10 Å². The maximum atomic E-state index is 6.21.